The first kappa shape index (κ1) is 53.2. The third-order valence-corrected chi connectivity index (χ3v) is 11.2. The molecule has 0 aliphatic carbocycles. The van der Waals surface area contributed by atoms with Gasteiger partial charge in [-0.15, -0.1) is 0 Å². The second-order valence-electron chi connectivity index (χ2n) is 16.6. The SMILES string of the molecule is CCCCCCCCCC(=O)C(O)(C(=O)CCCCCCCCC)C(C(=O)CCCCCCCCC)(C(=O)CCCCCCCCC)[N+](C)(C)C.[Br-]. The molecule has 0 spiro atoms. The van der Waals surface area contributed by atoms with Crippen molar-refractivity contribution in [3.8, 4) is 0 Å². The quantitative estimate of drug-likeness (QED) is 0.0383. The molecule has 0 radical (unpaired) electrons. The number of ketones is 4. The summed E-state index contributed by atoms with van der Waals surface area (Å²) in [5.41, 5.74) is -4.83. The van der Waals surface area contributed by atoms with Crippen molar-refractivity contribution in [1.82, 2.24) is 0 Å². The number of unbranched alkanes of at least 4 members (excludes halogenated alkanes) is 24. The third kappa shape index (κ3) is 19.1. The van der Waals surface area contributed by atoms with E-state index in [9.17, 15) is 24.3 Å². The number of carbonyl (C=O) groups excluding carboxylic acids is 4. The summed E-state index contributed by atoms with van der Waals surface area (Å²) in [7, 11) is 5.20. The molecule has 0 heterocycles. The van der Waals surface area contributed by atoms with Crippen LogP contribution in [0.4, 0.5) is 0 Å². The predicted octanol–water partition coefficient (Wildman–Crippen LogP) is 9.01. The lowest BCUT2D eigenvalue weighted by Crippen LogP contribution is -3.00. The highest BCUT2D eigenvalue weighted by atomic mass is 79.9. The maximum Gasteiger partial charge on any atom is 0.259 e. The zero-order chi connectivity index (χ0) is 38.4. The topological polar surface area (TPSA) is 88.5 Å². The fourth-order valence-electron chi connectivity index (χ4n) is 8.05. The van der Waals surface area contributed by atoms with Crippen LogP contribution in [0, 0.1) is 0 Å². The molecule has 0 fully saturated rings. The minimum atomic E-state index is -2.67. The van der Waals surface area contributed by atoms with Gasteiger partial charge in [0, 0.05) is 25.7 Å². The third-order valence-electron chi connectivity index (χ3n) is 11.2. The Hall–Kier alpha value is -0.920. The predicted molar refractivity (Wildman–Crippen MR) is 216 cm³/mol. The Morgan fingerprint density at radius 2 is 0.558 bits per heavy atom. The molecular weight excluding hydrogens is 714 g/mol. The van der Waals surface area contributed by atoms with Gasteiger partial charge in [0.25, 0.3) is 11.1 Å². The van der Waals surface area contributed by atoms with E-state index in [1.807, 2.05) is 0 Å². The first-order valence-electron chi connectivity index (χ1n) is 22.1. The van der Waals surface area contributed by atoms with E-state index < -0.39 is 34.3 Å². The lowest BCUT2D eigenvalue weighted by Gasteiger charge is -2.50. The fraction of sp³-hybridized carbons (Fsp3) is 0.911. The second kappa shape index (κ2) is 32.3. The summed E-state index contributed by atoms with van der Waals surface area (Å²) in [6.07, 6.45) is 28.3. The average molecular weight is 801 g/mol. The standard InChI is InChI=1S/C45H86NO5.BrH/c1-8-12-16-20-24-28-32-36-40(47)44(46(5,6)7,41(48)37-33-29-25-21-17-13-9-2)45(51,42(49)38-34-30-26-22-18-14-10-3)43(50)39-35-31-27-23-19-15-11-4;/h51H,8-39H2,1-7H3;1H/q+1;/p-1. The minimum Gasteiger partial charge on any atom is -1.00 e. The van der Waals surface area contributed by atoms with Gasteiger partial charge in [0.05, 0.1) is 21.1 Å². The molecule has 0 saturated heterocycles. The first-order valence-corrected chi connectivity index (χ1v) is 22.1. The van der Waals surface area contributed by atoms with Crippen molar-refractivity contribution in [3.05, 3.63) is 0 Å². The highest BCUT2D eigenvalue weighted by Crippen LogP contribution is 2.41. The van der Waals surface area contributed by atoms with E-state index in [4.69, 9.17) is 0 Å². The molecule has 52 heavy (non-hydrogen) atoms. The summed E-state index contributed by atoms with van der Waals surface area (Å²) in [6, 6.07) is 0. The molecule has 0 aromatic rings. The van der Waals surface area contributed by atoms with E-state index in [2.05, 4.69) is 27.7 Å². The molecule has 0 rings (SSSR count). The van der Waals surface area contributed by atoms with Crippen molar-refractivity contribution in [2.75, 3.05) is 21.1 Å². The van der Waals surface area contributed by atoms with Crippen LogP contribution in [0.3, 0.4) is 0 Å². The number of rotatable bonds is 38. The molecule has 1 N–H and O–H groups in total. The van der Waals surface area contributed by atoms with Crippen molar-refractivity contribution in [3.63, 3.8) is 0 Å². The number of aliphatic hydroxyl groups is 1. The van der Waals surface area contributed by atoms with Crippen molar-refractivity contribution < 1.29 is 45.7 Å². The molecule has 308 valence electrons. The molecule has 0 amide bonds. The van der Waals surface area contributed by atoms with Gasteiger partial charge >= 0.3 is 0 Å². The van der Waals surface area contributed by atoms with Gasteiger partial charge in [0.1, 0.15) is 0 Å². The van der Waals surface area contributed by atoms with Crippen LogP contribution >= 0.6 is 0 Å². The van der Waals surface area contributed by atoms with Gasteiger partial charge in [0.2, 0.25) is 11.6 Å². The number of nitrogens with zero attached hydrogens (tertiary/aromatic N) is 1. The van der Waals surface area contributed by atoms with Crippen LogP contribution in [0.2, 0.25) is 0 Å². The molecule has 0 atom stereocenters. The molecule has 0 saturated carbocycles. The molecule has 0 aliphatic rings. The van der Waals surface area contributed by atoms with Crippen LogP contribution in [0.5, 0.6) is 0 Å². The fourth-order valence-corrected chi connectivity index (χ4v) is 8.05. The molecule has 0 aromatic heterocycles. The number of carbonyl (C=O) groups is 4. The van der Waals surface area contributed by atoms with Crippen molar-refractivity contribution in [2.24, 2.45) is 0 Å². The maximum atomic E-state index is 14.8. The van der Waals surface area contributed by atoms with E-state index >= 15 is 0 Å². The highest BCUT2D eigenvalue weighted by Gasteiger charge is 2.73. The van der Waals surface area contributed by atoms with Gasteiger partial charge in [-0.1, -0.05) is 182 Å². The summed E-state index contributed by atoms with van der Waals surface area (Å²) >= 11 is 0. The molecule has 0 aliphatic heterocycles. The van der Waals surface area contributed by atoms with E-state index in [1.165, 1.54) is 64.2 Å². The van der Waals surface area contributed by atoms with Gasteiger partial charge in [0.15, 0.2) is 11.6 Å². The molecule has 0 unspecified atom stereocenters. The molecule has 0 aromatic carbocycles. The van der Waals surface area contributed by atoms with E-state index in [1.54, 1.807) is 21.1 Å². The van der Waals surface area contributed by atoms with E-state index in [-0.39, 0.29) is 47.1 Å². The Kier molecular flexibility index (Phi) is 33.1. The van der Waals surface area contributed by atoms with Crippen LogP contribution < -0.4 is 17.0 Å². The minimum absolute atomic E-state index is 0. The lowest BCUT2D eigenvalue weighted by molar-refractivity contribution is -0.907. The Bertz CT molecular complexity index is 867. The van der Waals surface area contributed by atoms with Gasteiger partial charge in [-0.2, -0.15) is 0 Å². The second-order valence-corrected chi connectivity index (χ2v) is 16.6. The zero-order valence-corrected chi connectivity index (χ0v) is 37.1. The van der Waals surface area contributed by atoms with Crippen molar-refractivity contribution in [1.29, 1.82) is 0 Å². The van der Waals surface area contributed by atoms with Gasteiger partial charge in [-0.05, 0) is 25.7 Å². The van der Waals surface area contributed by atoms with Gasteiger partial charge in [-0.25, -0.2) is 0 Å². The van der Waals surface area contributed by atoms with Crippen LogP contribution in [0.25, 0.3) is 0 Å². The summed E-state index contributed by atoms with van der Waals surface area (Å²) in [5.74, 6) is -2.12. The van der Waals surface area contributed by atoms with Crippen LogP contribution in [0.1, 0.15) is 233 Å². The van der Waals surface area contributed by atoms with Crippen LogP contribution in [0.15, 0.2) is 0 Å². The zero-order valence-electron chi connectivity index (χ0n) is 35.5. The first-order chi connectivity index (χ1) is 24.4. The lowest BCUT2D eigenvalue weighted by atomic mass is 9.63. The van der Waals surface area contributed by atoms with Crippen molar-refractivity contribution in [2.45, 2.75) is 244 Å². The van der Waals surface area contributed by atoms with E-state index in [0.717, 1.165) is 89.9 Å². The Balaban J connectivity index is 0. The average Bonchev–Trinajstić information content (AvgIpc) is 3.09. The Morgan fingerprint density at radius 3 is 0.769 bits per heavy atom. The largest absolute Gasteiger partial charge is 1.00 e. The number of hydrogen-bond acceptors (Lipinski definition) is 5. The molecule has 7 heteroatoms. The van der Waals surface area contributed by atoms with Gasteiger partial charge < -0.3 is 26.6 Å². The summed E-state index contributed by atoms with van der Waals surface area (Å²) in [6.45, 7) is 8.76. The number of hydrogen-bond donors (Lipinski definition) is 1. The van der Waals surface area contributed by atoms with Crippen molar-refractivity contribution >= 4 is 23.1 Å². The molecule has 0 bridgehead atoms. The summed E-state index contributed by atoms with van der Waals surface area (Å²) < 4.78 is -0.264. The highest BCUT2D eigenvalue weighted by molar-refractivity contribution is 6.25. The Labute approximate surface area is 333 Å². The number of quaternary nitrogens is 1. The van der Waals surface area contributed by atoms with Gasteiger partial charge in [-0.3, -0.25) is 19.2 Å². The monoisotopic (exact) mass is 800 g/mol. The summed E-state index contributed by atoms with van der Waals surface area (Å²) in [5, 5.41) is 12.9. The van der Waals surface area contributed by atoms with E-state index in [0.29, 0.717) is 25.7 Å². The maximum absolute atomic E-state index is 14.8. The number of likely N-dealkylation sites (N-methyl/N-ethyl adjacent to an activating group) is 1. The molecular formula is C45H86BrNO5. The van der Waals surface area contributed by atoms with Crippen LogP contribution in [-0.4, -0.2) is 65.0 Å². The normalized spacial score (nSPS) is 12.2. The number of Topliss-reactive ketones (excluding diaryl/α,β-unsaturated/α-hetero) is 4. The molecule has 6 nitrogen and oxygen atoms in total. The number of halogens is 1. The summed E-state index contributed by atoms with van der Waals surface area (Å²) in [4.78, 5) is 58.6. The van der Waals surface area contributed by atoms with Crippen LogP contribution in [-0.2, 0) is 19.2 Å². The smallest absolute Gasteiger partial charge is 0.259 e. The Morgan fingerprint density at radius 1 is 0.365 bits per heavy atom.